The van der Waals surface area contributed by atoms with Gasteiger partial charge in [-0.15, -0.1) is 0 Å². The SMILES string of the molecule is CC(C)Oc1cc2ccccc2cc1CCNc1cc(Cl)ncn1. The summed E-state index contributed by atoms with van der Waals surface area (Å²) >= 11 is 5.88. The predicted molar refractivity (Wildman–Crippen MR) is 98.9 cm³/mol. The van der Waals surface area contributed by atoms with E-state index in [2.05, 4.69) is 45.6 Å². The zero-order valence-electron chi connectivity index (χ0n) is 13.8. The fourth-order valence-corrected chi connectivity index (χ4v) is 2.73. The van der Waals surface area contributed by atoms with Crippen LogP contribution in [-0.4, -0.2) is 22.6 Å². The Kier molecular flexibility index (Phi) is 5.16. The van der Waals surface area contributed by atoms with E-state index in [0.29, 0.717) is 5.15 Å². The molecule has 5 heteroatoms. The largest absolute Gasteiger partial charge is 0.491 e. The van der Waals surface area contributed by atoms with Gasteiger partial charge >= 0.3 is 0 Å². The molecule has 0 aliphatic rings. The molecule has 0 fully saturated rings. The average Bonchev–Trinajstić information content (AvgIpc) is 2.55. The quantitative estimate of drug-likeness (QED) is 0.659. The molecule has 0 amide bonds. The number of halogens is 1. The van der Waals surface area contributed by atoms with E-state index < -0.39 is 0 Å². The van der Waals surface area contributed by atoms with Gasteiger partial charge in [-0.3, -0.25) is 0 Å². The molecule has 0 spiro atoms. The van der Waals surface area contributed by atoms with Gasteiger partial charge in [0.25, 0.3) is 0 Å². The molecular formula is C19H20ClN3O. The summed E-state index contributed by atoms with van der Waals surface area (Å²) in [7, 11) is 0. The Bertz CT molecular complexity index is 836. The van der Waals surface area contributed by atoms with E-state index in [1.807, 2.05) is 19.9 Å². The maximum Gasteiger partial charge on any atom is 0.134 e. The standard InChI is InChI=1S/C19H20ClN3O/c1-13(2)24-17-10-15-6-4-3-5-14(15)9-16(17)7-8-21-19-11-18(20)22-12-23-19/h3-6,9-13H,7-8H2,1-2H3,(H,21,22,23). The van der Waals surface area contributed by atoms with Crippen LogP contribution in [0.25, 0.3) is 10.8 Å². The maximum absolute atomic E-state index is 6.00. The summed E-state index contributed by atoms with van der Waals surface area (Å²) in [6.07, 6.45) is 2.42. The van der Waals surface area contributed by atoms with Crippen molar-refractivity contribution < 1.29 is 4.74 Å². The van der Waals surface area contributed by atoms with E-state index in [-0.39, 0.29) is 6.10 Å². The second kappa shape index (κ2) is 7.49. The highest BCUT2D eigenvalue weighted by Gasteiger charge is 2.08. The van der Waals surface area contributed by atoms with Crippen molar-refractivity contribution in [1.82, 2.24) is 9.97 Å². The van der Waals surface area contributed by atoms with Crippen molar-refractivity contribution in [3.63, 3.8) is 0 Å². The van der Waals surface area contributed by atoms with Gasteiger partial charge in [-0.05, 0) is 48.7 Å². The summed E-state index contributed by atoms with van der Waals surface area (Å²) in [5, 5.41) is 6.11. The number of fused-ring (bicyclic) bond motifs is 1. The Morgan fingerprint density at radius 2 is 1.83 bits per heavy atom. The lowest BCUT2D eigenvalue weighted by Gasteiger charge is -2.16. The van der Waals surface area contributed by atoms with Gasteiger partial charge in [0.1, 0.15) is 23.0 Å². The van der Waals surface area contributed by atoms with Gasteiger partial charge in [0.2, 0.25) is 0 Å². The van der Waals surface area contributed by atoms with Crippen molar-refractivity contribution in [2.24, 2.45) is 0 Å². The van der Waals surface area contributed by atoms with Crippen LogP contribution in [0.1, 0.15) is 19.4 Å². The first kappa shape index (κ1) is 16.5. The van der Waals surface area contributed by atoms with Gasteiger partial charge in [0.15, 0.2) is 0 Å². The van der Waals surface area contributed by atoms with Crippen LogP contribution in [-0.2, 0) is 6.42 Å². The Morgan fingerprint density at radius 3 is 2.54 bits per heavy atom. The molecule has 0 unspecified atom stereocenters. The topological polar surface area (TPSA) is 47.0 Å². The highest BCUT2D eigenvalue weighted by atomic mass is 35.5. The van der Waals surface area contributed by atoms with Crippen LogP contribution in [0.4, 0.5) is 5.82 Å². The number of rotatable bonds is 6. The lowest BCUT2D eigenvalue weighted by Crippen LogP contribution is -2.11. The maximum atomic E-state index is 6.00. The molecule has 2 aromatic carbocycles. The third-order valence-electron chi connectivity index (χ3n) is 3.63. The third-order valence-corrected chi connectivity index (χ3v) is 3.83. The van der Waals surface area contributed by atoms with Crippen LogP contribution in [0.3, 0.4) is 0 Å². The molecule has 0 radical (unpaired) electrons. The number of ether oxygens (including phenoxy) is 1. The zero-order valence-corrected chi connectivity index (χ0v) is 14.5. The summed E-state index contributed by atoms with van der Waals surface area (Å²) in [5.74, 6) is 1.66. The Labute approximate surface area is 146 Å². The molecule has 0 bridgehead atoms. The van der Waals surface area contributed by atoms with Crippen LogP contribution in [0.2, 0.25) is 5.15 Å². The first-order valence-electron chi connectivity index (χ1n) is 8.01. The Hall–Kier alpha value is -2.33. The van der Waals surface area contributed by atoms with Crippen LogP contribution >= 0.6 is 11.6 Å². The van der Waals surface area contributed by atoms with Gasteiger partial charge < -0.3 is 10.1 Å². The Morgan fingerprint density at radius 1 is 1.08 bits per heavy atom. The molecule has 3 rings (SSSR count). The van der Waals surface area contributed by atoms with Crippen molar-refractivity contribution >= 4 is 28.2 Å². The molecule has 0 saturated heterocycles. The third kappa shape index (κ3) is 4.15. The minimum atomic E-state index is 0.138. The van der Waals surface area contributed by atoms with Crippen molar-refractivity contribution in [3.05, 3.63) is 59.5 Å². The molecule has 0 aliphatic heterocycles. The fourth-order valence-electron chi connectivity index (χ4n) is 2.58. The number of nitrogens with one attached hydrogen (secondary N) is 1. The molecule has 0 atom stereocenters. The molecule has 0 aliphatic carbocycles. The normalized spacial score (nSPS) is 11.0. The second-order valence-corrected chi connectivity index (χ2v) is 6.26. The number of nitrogens with zero attached hydrogens (tertiary/aromatic N) is 2. The van der Waals surface area contributed by atoms with Crippen LogP contribution in [0, 0.1) is 0 Å². The first-order chi connectivity index (χ1) is 11.6. The van der Waals surface area contributed by atoms with Crippen LogP contribution in [0.5, 0.6) is 5.75 Å². The summed E-state index contributed by atoms with van der Waals surface area (Å²) in [4.78, 5) is 8.03. The highest BCUT2D eigenvalue weighted by Crippen LogP contribution is 2.27. The van der Waals surface area contributed by atoms with E-state index in [9.17, 15) is 0 Å². The van der Waals surface area contributed by atoms with E-state index in [4.69, 9.17) is 16.3 Å². The Balaban J connectivity index is 1.78. The van der Waals surface area contributed by atoms with Gasteiger partial charge in [0.05, 0.1) is 6.10 Å². The van der Waals surface area contributed by atoms with Gasteiger partial charge in [-0.2, -0.15) is 0 Å². The second-order valence-electron chi connectivity index (χ2n) is 5.88. The lowest BCUT2D eigenvalue weighted by molar-refractivity contribution is 0.240. The van der Waals surface area contributed by atoms with Crippen LogP contribution in [0.15, 0.2) is 48.8 Å². The zero-order chi connectivity index (χ0) is 16.9. The summed E-state index contributed by atoms with van der Waals surface area (Å²) in [6.45, 7) is 4.82. The monoisotopic (exact) mass is 341 g/mol. The molecule has 0 saturated carbocycles. The first-order valence-corrected chi connectivity index (χ1v) is 8.39. The number of benzene rings is 2. The van der Waals surface area contributed by atoms with Crippen molar-refractivity contribution in [2.45, 2.75) is 26.4 Å². The predicted octanol–water partition coefficient (Wildman–Crippen LogP) is 4.73. The van der Waals surface area contributed by atoms with E-state index in [1.54, 1.807) is 6.07 Å². The number of hydrogen-bond acceptors (Lipinski definition) is 4. The summed E-state index contributed by atoms with van der Waals surface area (Å²) < 4.78 is 6.00. The average molecular weight is 342 g/mol. The summed E-state index contributed by atoms with van der Waals surface area (Å²) in [6, 6.07) is 14.3. The van der Waals surface area contributed by atoms with Gasteiger partial charge in [0, 0.05) is 12.6 Å². The molecule has 4 nitrogen and oxygen atoms in total. The number of anilines is 1. The summed E-state index contributed by atoms with van der Waals surface area (Å²) in [5.41, 5.74) is 1.18. The minimum absolute atomic E-state index is 0.138. The lowest BCUT2D eigenvalue weighted by atomic mass is 10.0. The number of aromatic nitrogens is 2. The van der Waals surface area contributed by atoms with Crippen molar-refractivity contribution in [2.75, 3.05) is 11.9 Å². The molecule has 24 heavy (non-hydrogen) atoms. The number of hydrogen-bond donors (Lipinski definition) is 1. The molecule has 1 N–H and O–H groups in total. The molecule has 1 heterocycles. The van der Waals surface area contributed by atoms with Crippen LogP contribution < -0.4 is 10.1 Å². The van der Waals surface area contributed by atoms with E-state index in [1.165, 1.54) is 22.7 Å². The van der Waals surface area contributed by atoms with E-state index >= 15 is 0 Å². The van der Waals surface area contributed by atoms with Gasteiger partial charge in [-0.25, -0.2) is 9.97 Å². The van der Waals surface area contributed by atoms with Gasteiger partial charge in [-0.1, -0.05) is 35.9 Å². The smallest absolute Gasteiger partial charge is 0.134 e. The van der Waals surface area contributed by atoms with Crippen molar-refractivity contribution in [3.8, 4) is 5.75 Å². The van der Waals surface area contributed by atoms with E-state index in [0.717, 1.165) is 24.5 Å². The molecular weight excluding hydrogens is 322 g/mol. The fraction of sp³-hybridized carbons (Fsp3) is 0.263. The molecule has 3 aromatic rings. The molecule has 1 aromatic heterocycles. The molecule has 124 valence electrons. The highest BCUT2D eigenvalue weighted by molar-refractivity contribution is 6.29. The van der Waals surface area contributed by atoms with Crippen molar-refractivity contribution in [1.29, 1.82) is 0 Å². The minimum Gasteiger partial charge on any atom is -0.491 e.